The largest absolute Gasteiger partial charge is 0.466 e. The van der Waals surface area contributed by atoms with Crippen molar-refractivity contribution in [2.24, 2.45) is 0 Å². The highest BCUT2D eigenvalue weighted by Gasteiger charge is 2.44. The van der Waals surface area contributed by atoms with Gasteiger partial charge in [-0.25, -0.2) is 0 Å². The normalized spacial score (nSPS) is 19.9. The summed E-state index contributed by atoms with van der Waals surface area (Å²) in [5.41, 5.74) is 0. The van der Waals surface area contributed by atoms with Crippen LogP contribution in [0.15, 0.2) is 36.5 Å². The monoisotopic (exact) mass is 936 g/mol. The number of rotatable bonds is 46. The molecule has 1 fully saturated rings. The molecule has 11 heteroatoms. The van der Waals surface area contributed by atoms with Gasteiger partial charge in [-0.15, -0.1) is 0 Å². The Morgan fingerprint density at radius 3 is 1.56 bits per heavy atom. The number of allylic oxidation sites excluding steroid dienone is 5. The van der Waals surface area contributed by atoms with E-state index in [1.54, 1.807) is 6.08 Å². The fourth-order valence-corrected chi connectivity index (χ4v) is 8.35. The van der Waals surface area contributed by atoms with Crippen LogP contribution >= 0.6 is 0 Å². The van der Waals surface area contributed by atoms with Gasteiger partial charge in [0.25, 0.3) is 0 Å². The molecule has 1 aliphatic heterocycles. The van der Waals surface area contributed by atoms with Crippen LogP contribution in [0.1, 0.15) is 239 Å². The number of unbranched alkanes of at least 4 members (excludes halogenated alkanes) is 28. The van der Waals surface area contributed by atoms with Crippen LogP contribution in [0.4, 0.5) is 0 Å². The van der Waals surface area contributed by atoms with Gasteiger partial charge in [0, 0.05) is 12.8 Å². The third-order valence-corrected chi connectivity index (χ3v) is 12.7. The van der Waals surface area contributed by atoms with Crippen molar-refractivity contribution in [1.29, 1.82) is 0 Å². The number of nitrogens with one attached hydrogen (secondary N) is 1. The first-order chi connectivity index (χ1) is 32.2. The summed E-state index contributed by atoms with van der Waals surface area (Å²) in [5, 5.41) is 54.1. The molecule has 11 nitrogen and oxygen atoms in total. The van der Waals surface area contributed by atoms with Gasteiger partial charge in [0.05, 0.1) is 32.0 Å². The number of carbonyl (C=O) groups is 2. The van der Waals surface area contributed by atoms with Gasteiger partial charge < -0.3 is 45.1 Å². The molecule has 0 radical (unpaired) electrons. The molecular weight excluding hydrogens is 835 g/mol. The first kappa shape index (κ1) is 61.9. The maximum absolute atomic E-state index is 13.0. The second-order valence-corrected chi connectivity index (χ2v) is 18.9. The molecule has 1 amide bonds. The Kier molecular flexibility index (Phi) is 42.5. The minimum Gasteiger partial charge on any atom is -0.466 e. The molecule has 0 aromatic rings. The van der Waals surface area contributed by atoms with E-state index in [4.69, 9.17) is 14.2 Å². The molecule has 66 heavy (non-hydrogen) atoms. The summed E-state index contributed by atoms with van der Waals surface area (Å²) in [6.45, 7) is 4.22. The van der Waals surface area contributed by atoms with Crippen molar-refractivity contribution >= 4 is 11.9 Å². The summed E-state index contributed by atoms with van der Waals surface area (Å²) in [6, 6.07) is -0.821. The first-order valence-corrected chi connectivity index (χ1v) is 27.3. The van der Waals surface area contributed by atoms with Gasteiger partial charge in [-0.05, 0) is 64.2 Å². The quantitative estimate of drug-likeness (QED) is 0.0196. The third-order valence-electron chi connectivity index (χ3n) is 12.7. The van der Waals surface area contributed by atoms with Crippen LogP contribution in [0.2, 0.25) is 0 Å². The standard InChI is InChI=1S/C55H101NO10/c1-3-5-7-9-11-13-14-15-16-17-18-19-23-27-31-35-39-43-51(60)64-44-40-36-32-28-24-21-20-22-26-30-34-38-42-50(59)56-47(48(58)41-37-33-29-25-12-10-8-6-4-2)46-65-55-54(63)53(62)52(61)49(45-57)66-55/h11,13,15-16,37,41,47-49,52-55,57-58,61-63H,3-10,12,14,17-36,38-40,42-46H2,1-2H3,(H,56,59)/b13-11-,16-15-,41-37+. The predicted molar refractivity (Wildman–Crippen MR) is 269 cm³/mol. The van der Waals surface area contributed by atoms with Crippen LogP contribution in [0.3, 0.4) is 0 Å². The number of ether oxygens (including phenoxy) is 3. The minimum atomic E-state index is -1.58. The highest BCUT2D eigenvalue weighted by Crippen LogP contribution is 2.23. The zero-order valence-corrected chi connectivity index (χ0v) is 42.2. The van der Waals surface area contributed by atoms with Gasteiger partial charge in [-0.1, -0.05) is 198 Å². The van der Waals surface area contributed by atoms with Gasteiger partial charge in [0.2, 0.25) is 5.91 Å². The van der Waals surface area contributed by atoms with E-state index < -0.39 is 49.5 Å². The van der Waals surface area contributed by atoms with Crippen molar-refractivity contribution in [3.63, 3.8) is 0 Å². The van der Waals surface area contributed by atoms with Crippen LogP contribution in [0.5, 0.6) is 0 Å². The number of hydrogen-bond donors (Lipinski definition) is 6. The number of aliphatic hydroxyl groups excluding tert-OH is 5. The molecule has 0 aliphatic carbocycles. The lowest BCUT2D eigenvalue weighted by atomic mass is 9.99. The molecule has 1 heterocycles. The Labute approximate surface area is 403 Å². The molecule has 0 aromatic heterocycles. The van der Waals surface area contributed by atoms with Crippen LogP contribution in [0.25, 0.3) is 0 Å². The topological polar surface area (TPSA) is 175 Å². The van der Waals surface area contributed by atoms with E-state index in [9.17, 15) is 35.1 Å². The molecule has 0 saturated carbocycles. The van der Waals surface area contributed by atoms with Crippen molar-refractivity contribution in [3.05, 3.63) is 36.5 Å². The molecule has 0 aromatic carbocycles. The number of esters is 1. The summed E-state index contributed by atoms with van der Waals surface area (Å²) < 4.78 is 16.6. The van der Waals surface area contributed by atoms with Crippen LogP contribution < -0.4 is 5.32 Å². The highest BCUT2D eigenvalue weighted by atomic mass is 16.7. The van der Waals surface area contributed by atoms with Crippen molar-refractivity contribution in [2.75, 3.05) is 19.8 Å². The highest BCUT2D eigenvalue weighted by molar-refractivity contribution is 5.76. The molecule has 0 bridgehead atoms. The summed E-state index contributed by atoms with van der Waals surface area (Å²) in [6.07, 6.45) is 43.7. The van der Waals surface area contributed by atoms with Crippen LogP contribution in [0, 0.1) is 0 Å². The first-order valence-electron chi connectivity index (χ1n) is 27.3. The lowest BCUT2D eigenvalue weighted by Gasteiger charge is -2.40. The molecule has 0 spiro atoms. The predicted octanol–water partition coefficient (Wildman–Crippen LogP) is 11.6. The Hall–Kier alpha value is -2.12. The fraction of sp³-hybridized carbons (Fsp3) is 0.855. The Morgan fingerprint density at radius 2 is 1.02 bits per heavy atom. The SMILES string of the molecule is CCCCC/C=C\C/C=C\CCCCCCCCCC(=O)OCCCCCCCCCCCCCCC(=O)NC(COC1OC(CO)C(O)C(O)C1O)C(O)/C=C/CCCCCCCCC. The van der Waals surface area contributed by atoms with E-state index in [2.05, 4.69) is 43.5 Å². The zero-order valence-electron chi connectivity index (χ0n) is 42.2. The van der Waals surface area contributed by atoms with Gasteiger partial charge in [0.15, 0.2) is 6.29 Å². The number of hydrogen-bond acceptors (Lipinski definition) is 10. The number of amides is 1. The van der Waals surface area contributed by atoms with E-state index >= 15 is 0 Å². The number of aliphatic hydroxyl groups is 5. The molecular formula is C55H101NO10. The maximum atomic E-state index is 13.0. The average Bonchev–Trinajstić information content (AvgIpc) is 3.31. The Morgan fingerprint density at radius 1 is 0.561 bits per heavy atom. The summed E-state index contributed by atoms with van der Waals surface area (Å²) >= 11 is 0. The Balaban J connectivity index is 2.09. The smallest absolute Gasteiger partial charge is 0.305 e. The Bertz CT molecular complexity index is 1190. The molecule has 386 valence electrons. The van der Waals surface area contributed by atoms with E-state index in [-0.39, 0.29) is 18.5 Å². The van der Waals surface area contributed by atoms with Crippen LogP contribution in [-0.4, -0.2) is 100 Å². The third kappa shape index (κ3) is 35.1. The minimum absolute atomic E-state index is 0.0417. The van der Waals surface area contributed by atoms with Gasteiger partial charge >= 0.3 is 5.97 Å². The van der Waals surface area contributed by atoms with Gasteiger partial charge in [-0.2, -0.15) is 0 Å². The second kappa shape index (κ2) is 45.3. The summed E-state index contributed by atoms with van der Waals surface area (Å²) in [5.74, 6) is -0.242. The number of carbonyl (C=O) groups excluding carboxylic acids is 2. The van der Waals surface area contributed by atoms with Crippen molar-refractivity contribution in [1.82, 2.24) is 5.32 Å². The molecule has 1 aliphatic rings. The fourth-order valence-electron chi connectivity index (χ4n) is 8.35. The molecule has 1 rings (SSSR count). The van der Waals surface area contributed by atoms with Gasteiger partial charge in [-0.3, -0.25) is 9.59 Å². The van der Waals surface area contributed by atoms with E-state index in [1.165, 1.54) is 135 Å². The van der Waals surface area contributed by atoms with E-state index in [1.807, 2.05) is 6.08 Å². The van der Waals surface area contributed by atoms with Crippen molar-refractivity contribution in [3.8, 4) is 0 Å². The molecule has 7 unspecified atom stereocenters. The second-order valence-electron chi connectivity index (χ2n) is 18.9. The van der Waals surface area contributed by atoms with E-state index in [0.717, 1.165) is 77.0 Å². The van der Waals surface area contributed by atoms with Gasteiger partial charge in [0.1, 0.15) is 24.4 Å². The van der Waals surface area contributed by atoms with Crippen LogP contribution in [-0.2, 0) is 23.8 Å². The van der Waals surface area contributed by atoms with Crippen molar-refractivity contribution in [2.45, 2.75) is 281 Å². The molecule has 1 saturated heterocycles. The van der Waals surface area contributed by atoms with E-state index in [0.29, 0.717) is 19.4 Å². The van der Waals surface area contributed by atoms with Crippen molar-refractivity contribution < 1.29 is 49.3 Å². The summed E-state index contributed by atoms with van der Waals surface area (Å²) in [7, 11) is 0. The lowest BCUT2D eigenvalue weighted by molar-refractivity contribution is -0.302. The summed E-state index contributed by atoms with van der Waals surface area (Å²) in [4.78, 5) is 25.1. The maximum Gasteiger partial charge on any atom is 0.305 e. The molecule has 7 atom stereocenters. The average molecular weight is 936 g/mol. The lowest BCUT2D eigenvalue weighted by Crippen LogP contribution is -2.60. The zero-order chi connectivity index (χ0) is 48.1. The molecule has 6 N–H and O–H groups in total.